The van der Waals surface area contributed by atoms with Gasteiger partial charge in [0.2, 0.25) is 0 Å². The number of aromatic nitrogens is 3. The van der Waals surface area contributed by atoms with E-state index in [1.165, 1.54) is 18.4 Å². The van der Waals surface area contributed by atoms with Crippen molar-refractivity contribution in [2.45, 2.75) is 18.9 Å². The van der Waals surface area contributed by atoms with Crippen molar-refractivity contribution < 1.29 is 0 Å². The highest BCUT2D eigenvalue weighted by Crippen LogP contribution is 2.21. The van der Waals surface area contributed by atoms with E-state index in [9.17, 15) is 0 Å². The van der Waals surface area contributed by atoms with Crippen molar-refractivity contribution in [1.29, 1.82) is 0 Å². The number of rotatable bonds is 1. The Balaban J connectivity index is 2.04. The van der Waals surface area contributed by atoms with E-state index in [0.29, 0.717) is 6.04 Å². The molecule has 1 atom stereocenters. The molecule has 0 radical (unpaired) electrons. The van der Waals surface area contributed by atoms with Gasteiger partial charge in [-0.1, -0.05) is 0 Å². The summed E-state index contributed by atoms with van der Waals surface area (Å²) in [6, 6.07) is 2.38. The van der Waals surface area contributed by atoms with Crippen LogP contribution >= 0.6 is 0 Å². The second kappa shape index (κ2) is 3.06. The Morgan fingerprint density at radius 3 is 3.36 bits per heavy atom. The van der Waals surface area contributed by atoms with Gasteiger partial charge in [-0.25, -0.2) is 9.50 Å². The summed E-state index contributed by atoms with van der Waals surface area (Å²) in [5, 5.41) is 7.63. The van der Waals surface area contributed by atoms with Gasteiger partial charge in [-0.15, -0.1) is 0 Å². The number of hydrogen-bond acceptors (Lipinski definition) is 3. The third-order valence-electron chi connectivity index (χ3n) is 2.73. The minimum Gasteiger partial charge on any atom is -0.310 e. The fraction of sp³-hybridized carbons (Fsp3) is 0.400. The summed E-state index contributed by atoms with van der Waals surface area (Å²) in [6.45, 7) is 1.11. The lowest BCUT2D eigenvalue weighted by molar-refractivity contribution is 0.638. The van der Waals surface area contributed by atoms with E-state index in [0.717, 1.165) is 12.2 Å². The highest BCUT2D eigenvalue weighted by molar-refractivity contribution is 5.36. The second-order valence-corrected chi connectivity index (χ2v) is 3.67. The summed E-state index contributed by atoms with van der Waals surface area (Å²) in [5.74, 6) is 0. The predicted molar refractivity (Wildman–Crippen MR) is 53.0 cm³/mol. The Bertz CT molecular complexity index is 442. The van der Waals surface area contributed by atoms with Crippen LogP contribution in [0.2, 0.25) is 0 Å². The van der Waals surface area contributed by atoms with Gasteiger partial charge in [0.05, 0.1) is 6.20 Å². The third kappa shape index (κ3) is 1.19. The summed E-state index contributed by atoms with van der Waals surface area (Å²) in [4.78, 5) is 4.35. The highest BCUT2D eigenvalue weighted by atomic mass is 15.2. The molecule has 4 nitrogen and oxygen atoms in total. The van der Waals surface area contributed by atoms with Gasteiger partial charge in [0.1, 0.15) is 0 Å². The first-order chi connectivity index (χ1) is 6.93. The molecule has 0 aliphatic carbocycles. The zero-order valence-corrected chi connectivity index (χ0v) is 7.85. The van der Waals surface area contributed by atoms with Gasteiger partial charge in [0.15, 0.2) is 5.65 Å². The lowest BCUT2D eigenvalue weighted by Gasteiger charge is -2.09. The third-order valence-corrected chi connectivity index (χ3v) is 2.73. The Kier molecular flexibility index (Phi) is 1.73. The molecular weight excluding hydrogens is 176 g/mol. The average molecular weight is 188 g/mol. The van der Waals surface area contributed by atoms with E-state index >= 15 is 0 Å². The molecule has 0 spiro atoms. The van der Waals surface area contributed by atoms with Crippen LogP contribution in [-0.2, 0) is 0 Å². The predicted octanol–water partition coefficient (Wildman–Crippen LogP) is 1.15. The standard InChI is InChI=1S/C10H12N4/c1-2-9(11-4-1)8-6-12-10-3-5-13-14(10)7-8/h3,5-7,9,11H,1-2,4H2. The topological polar surface area (TPSA) is 42.2 Å². The SMILES string of the molecule is c1cc2ncc(C3CCCN3)cn2n1. The quantitative estimate of drug-likeness (QED) is 0.730. The molecule has 1 unspecified atom stereocenters. The summed E-state index contributed by atoms with van der Waals surface area (Å²) >= 11 is 0. The number of hydrogen-bond donors (Lipinski definition) is 1. The summed E-state index contributed by atoms with van der Waals surface area (Å²) < 4.78 is 1.83. The maximum absolute atomic E-state index is 4.35. The number of nitrogens with zero attached hydrogens (tertiary/aromatic N) is 3. The first-order valence-electron chi connectivity index (χ1n) is 4.96. The Labute approximate surface area is 82.0 Å². The van der Waals surface area contributed by atoms with Crippen molar-refractivity contribution in [2.75, 3.05) is 6.54 Å². The first kappa shape index (κ1) is 7.94. The van der Waals surface area contributed by atoms with Gasteiger partial charge >= 0.3 is 0 Å². The van der Waals surface area contributed by atoms with E-state index in [-0.39, 0.29) is 0 Å². The maximum Gasteiger partial charge on any atom is 0.154 e. The highest BCUT2D eigenvalue weighted by Gasteiger charge is 2.16. The molecule has 4 heteroatoms. The van der Waals surface area contributed by atoms with E-state index in [4.69, 9.17) is 0 Å². The van der Waals surface area contributed by atoms with Crippen LogP contribution in [-0.4, -0.2) is 21.1 Å². The molecule has 72 valence electrons. The van der Waals surface area contributed by atoms with Crippen LogP contribution in [0.3, 0.4) is 0 Å². The average Bonchev–Trinajstić information content (AvgIpc) is 2.88. The van der Waals surface area contributed by atoms with Crippen LogP contribution in [0.25, 0.3) is 5.65 Å². The molecule has 1 aliphatic rings. The fourth-order valence-corrected chi connectivity index (χ4v) is 1.97. The van der Waals surface area contributed by atoms with Crippen LogP contribution in [0.1, 0.15) is 24.4 Å². The molecule has 3 rings (SSSR count). The molecule has 3 heterocycles. The normalized spacial score (nSPS) is 21.9. The Morgan fingerprint density at radius 2 is 2.50 bits per heavy atom. The molecule has 1 N–H and O–H groups in total. The van der Waals surface area contributed by atoms with E-state index in [1.54, 1.807) is 6.20 Å². The Morgan fingerprint density at radius 1 is 1.50 bits per heavy atom. The van der Waals surface area contributed by atoms with Crippen LogP contribution < -0.4 is 5.32 Å². The summed E-state index contributed by atoms with van der Waals surface area (Å²) in [6.07, 6.45) is 8.23. The van der Waals surface area contributed by atoms with Crippen molar-refractivity contribution in [1.82, 2.24) is 19.9 Å². The van der Waals surface area contributed by atoms with Crippen molar-refractivity contribution in [3.05, 3.63) is 30.2 Å². The number of fused-ring (bicyclic) bond motifs is 1. The lowest BCUT2D eigenvalue weighted by Crippen LogP contribution is -2.13. The molecule has 1 fully saturated rings. The number of nitrogens with one attached hydrogen (secondary N) is 1. The molecule has 0 saturated carbocycles. The first-order valence-corrected chi connectivity index (χ1v) is 4.96. The van der Waals surface area contributed by atoms with Gasteiger partial charge in [-0.3, -0.25) is 0 Å². The van der Waals surface area contributed by atoms with Gasteiger partial charge in [0, 0.05) is 30.1 Å². The minimum absolute atomic E-state index is 0.469. The maximum atomic E-state index is 4.35. The molecular formula is C10H12N4. The van der Waals surface area contributed by atoms with E-state index in [2.05, 4.69) is 21.6 Å². The molecule has 14 heavy (non-hydrogen) atoms. The van der Waals surface area contributed by atoms with Gasteiger partial charge in [-0.2, -0.15) is 5.10 Å². The molecule has 1 saturated heterocycles. The zero-order chi connectivity index (χ0) is 9.38. The molecule has 0 aromatic carbocycles. The van der Waals surface area contributed by atoms with Crippen molar-refractivity contribution >= 4 is 5.65 Å². The van der Waals surface area contributed by atoms with Crippen LogP contribution in [0.5, 0.6) is 0 Å². The fourth-order valence-electron chi connectivity index (χ4n) is 1.97. The van der Waals surface area contributed by atoms with Crippen LogP contribution in [0.4, 0.5) is 0 Å². The van der Waals surface area contributed by atoms with Gasteiger partial charge < -0.3 is 5.32 Å². The van der Waals surface area contributed by atoms with Gasteiger partial charge in [-0.05, 0) is 19.4 Å². The lowest BCUT2D eigenvalue weighted by atomic mass is 10.1. The van der Waals surface area contributed by atoms with Gasteiger partial charge in [0.25, 0.3) is 0 Å². The van der Waals surface area contributed by atoms with Crippen LogP contribution in [0.15, 0.2) is 24.7 Å². The van der Waals surface area contributed by atoms with Crippen LogP contribution in [0, 0.1) is 0 Å². The minimum atomic E-state index is 0.469. The summed E-state index contributed by atoms with van der Waals surface area (Å²) in [7, 11) is 0. The molecule has 1 aliphatic heterocycles. The van der Waals surface area contributed by atoms with Crippen molar-refractivity contribution in [3.8, 4) is 0 Å². The smallest absolute Gasteiger partial charge is 0.154 e. The molecule has 2 aromatic heterocycles. The molecule has 0 amide bonds. The molecule has 2 aromatic rings. The second-order valence-electron chi connectivity index (χ2n) is 3.67. The zero-order valence-electron chi connectivity index (χ0n) is 7.85. The van der Waals surface area contributed by atoms with E-state index in [1.807, 2.05) is 16.8 Å². The Hall–Kier alpha value is -1.42. The summed E-state index contributed by atoms with van der Waals surface area (Å²) in [5.41, 5.74) is 2.14. The van der Waals surface area contributed by atoms with Crippen molar-refractivity contribution in [3.63, 3.8) is 0 Å². The largest absolute Gasteiger partial charge is 0.310 e. The monoisotopic (exact) mass is 188 g/mol. The molecule has 0 bridgehead atoms. The van der Waals surface area contributed by atoms with Crippen molar-refractivity contribution in [2.24, 2.45) is 0 Å². The van der Waals surface area contributed by atoms with E-state index < -0.39 is 0 Å².